The maximum Gasteiger partial charge on any atom is 0.103 e. The van der Waals surface area contributed by atoms with E-state index in [2.05, 4.69) is 6.08 Å². The average molecular weight is 191 g/mol. The summed E-state index contributed by atoms with van der Waals surface area (Å²) < 4.78 is 0. The van der Waals surface area contributed by atoms with Crippen molar-refractivity contribution in [1.29, 1.82) is 0 Å². The highest BCUT2D eigenvalue weighted by molar-refractivity contribution is 5.18. The summed E-state index contributed by atoms with van der Waals surface area (Å²) in [5.41, 5.74) is 0. The summed E-state index contributed by atoms with van der Waals surface area (Å²) in [6, 6.07) is 0. The Balaban J connectivity index is 0.000000206. The zero-order valence-corrected chi connectivity index (χ0v) is 9.63. The van der Waals surface area contributed by atoms with Gasteiger partial charge in [-0.05, 0) is 0 Å². The van der Waals surface area contributed by atoms with Gasteiger partial charge in [-0.15, -0.1) is 0 Å². The molecular formula is C14H23+. The number of rotatable bonds is 0. The van der Waals surface area contributed by atoms with Crippen LogP contribution in [0.2, 0.25) is 0 Å². The van der Waals surface area contributed by atoms with Gasteiger partial charge in [0.1, 0.15) is 12.2 Å². The van der Waals surface area contributed by atoms with Crippen LogP contribution in [0.4, 0.5) is 0 Å². The van der Waals surface area contributed by atoms with E-state index >= 15 is 0 Å². The normalized spacial score (nSPS) is 17.0. The summed E-state index contributed by atoms with van der Waals surface area (Å²) in [5.74, 6) is 0. The van der Waals surface area contributed by atoms with Gasteiger partial charge in [-0.2, -0.15) is 0 Å². The standard InChI is InChI=1S/C6H12.C6H5.C2H6/c2*1-2-4-6-5-3-1;1-2/h1-6H2;1-5H;1-2H3/q;+1;. The van der Waals surface area contributed by atoms with Crippen molar-refractivity contribution in [2.24, 2.45) is 0 Å². The van der Waals surface area contributed by atoms with Crippen LogP contribution in [-0.2, 0) is 0 Å². The van der Waals surface area contributed by atoms with E-state index in [-0.39, 0.29) is 0 Å². The third kappa shape index (κ3) is 9.22. The minimum atomic E-state index is 1.50. The first-order valence-corrected chi connectivity index (χ1v) is 5.91. The van der Waals surface area contributed by atoms with E-state index in [4.69, 9.17) is 0 Å². The first kappa shape index (κ1) is 13.1. The maximum atomic E-state index is 2.89. The topological polar surface area (TPSA) is 0 Å². The molecule has 0 atom stereocenters. The molecule has 0 aromatic rings. The van der Waals surface area contributed by atoms with E-state index in [9.17, 15) is 0 Å². The molecule has 0 heteroatoms. The summed E-state index contributed by atoms with van der Waals surface area (Å²) >= 11 is 0. The molecule has 0 spiro atoms. The molecule has 0 amide bonds. The largest absolute Gasteiger partial charge is 0.103 e. The van der Waals surface area contributed by atoms with Gasteiger partial charge >= 0.3 is 0 Å². The van der Waals surface area contributed by atoms with Gasteiger partial charge in [0, 0.05) is 24.3 Å². The SMILES string of the molecule is C1CCCCC1.CC.[C+]1=CC=CC=C1. The second-order valence-corrected chi connectivity index (χ2v) is 3.20. The van der Waals surface area contributed by atoms with Crippen molar-refractivity contribution in [2.75, 3.05) is 0 Å². The monoisotopic (exact) mass is 191 g/mol. The van der Waals surface area contributed by atoms with Crippen molar-refractivity contribution < 1.29 is 0 Å². The van der Waals surface area contributed by atoms with Gasteiger partial charge in [-0.1, -0.05) is 52.4 Å². The van der Waals surface area contributed by atoms with Crippen molar-refractivity contribution in [1.82, 2.24) is 0 Å². The van der Waals surface area contributed by atoms with Crippen molar-refractivity contribution in [3.8, 4) is 0 Å². The maximum absolute atomic E-state index is 2.89. The lowest BCUT2D eigenvalue weighted by atomic mass is 10.0. The predicted molar refractivity (Wildman–Crippen MR) is 65.1 cm³/mol. The zero-order chi connectivity index (χ0) is 10.5. The third-order valence-corrected chi connectivity index (χ3v) is 2.11. The van der Waals surface area contributed by atoms with Crippen LogP contribution in [-0.4, -0.2) is 0 Å². The van der Waals surface area contributed by atoms with E-state index in [0.29, 0.717) is 0 Å². The van der Waals surface area contributed by atoms with Crippen LogP contribution in [0.3, 0.4) is 0 Å². The molecule has 0 bridgehead atoms. The molecule has 2 rings (SSSR count). The molecule has 0 nitrogen and oxygen atoms in total. The lowest BCUT2D eigenvalue weighted by Crippen LogP contribution is -1.85. The van der Waals surface area contributed by atoms with Crippen LogP contribution in [0.25, 0.3) is 0 Å². The Morgan fingerprint density at radius 1 is 0.714 bits per heavy atom. The molecule has 2 aliphatic carbocycles. The molecule has 2 aliphatic rings. The molecule has 0 aromatic heterocycles. The highest BCUT2D eigenvalue weighted by Gasteiger charge is 1.95. The highest BCUT2D eigenvalue weighted by Crippen LogP contribution is 2.15. The van der Waals surface area contributed by atoms with Crippen LogP contribution >= 0.6 is 0 Å². The summed E-state index contributed by atoms with van der Waals surface area (Å²) in [7, 11) is 0. The first-order valence-electron chi connectivity index (χ1n) is 5.91. The van der Waals surface area contributed by atoms with E-state index in [1.807, 2.05) is 44.2 Å². The van der Waals surface area contributed by atoms with E-state index in [0.717, 1.165) is 0 Å². The summed E-state index contributed by atoms with van der Waals surface area (Å²) in [6.07, 6.45) is 21.5. The fourth-order valence-electron chi connectivity index (χ4n) is 1.40. The highest BCUT2D eigenvalue weighted by atomic mass is 14.0. The molecule has 0 saturated heterocycles. The Bertz CT molecular complexity index is 121. The van der Waals surface area contributed by atoms with Gasteiger partial charge in [-0.25, -0.2) is 0 Å². The lowest BCUT2D eigenvalue weighted by molar-refractivity contribution is 0.504. The Hall–Kier alpha value is -0.870. The molecular weight excluding hydrogens is 168 g/mol. The van der Waals surface area contributed by atoms with E-state index < -0.39 is 0 Å². The molecule has 0 radical (unpaired) electrons. The zero-order valence-electron chi connectivity index (χ0n) is 9.63. The Morgan fingerprint density at radius 2 is 1.21 bits per heavy atom. The van der Waals surface area contributed by atoms with Crippen LogP contribution in [0.1, 0.15) is 52.4 Å². The second kappa shape index (κ2) is 12.1. The molecule has 0 heterocycles. The summed E-state index contributed by atoms with van der Waals surface area (Å²) in [4.78, 5) is 0. The third-order valence-electron chi connectivity index (χ3n) is 2.11. The lowest BCUT2D eigenvalue weighted by Gasteiger charge is -2.05. The molecule has 0 unspecified atom stereocenters. The molecule has 1 saturated carbocycles. The van der Waals surface area contributed by atoms with Crippen LogP contribution < -0.4 is 0 Å². The van der Waals surface area contributed by atoms with Crippen molar-refractivity contribution in [3.05, 3.63) is 36.5 Å². The molecule has 1 fully saturated rings. The predicted octanol–water partition coefficient (Wildman–Crippen LogP) is 4.84. The number of hydrogen-bond donors (Lipinski definition) is 0. The van der Waals surface area contributed by atoms with Gasteiger partial charge in [0.2, 0.25) is 0 Å². The Morgan fingerprint density at radius 3 is 1.36 bits per heavy atom. The first-order chi connectivity index (χ1) is 7.00. The van der Waals surface area contributed by atoms with Gasteiger partial charge in [0.15, 0.2) is 0 Å². The van der Waals surface area contributed by atoms with Gasteiger partial charge in [-0.3, -0.25) is 0 Å². The fraction of sp³-hybridized carbons (Fsp3) is 0.571. The number of allylic oxidation sites excluding steroid dienone is 6. The number of hydrogen-bond acceptors (Lipinski definition) is 0. The second-order valence-electron chi connectivity index (χ2n) is 3.20. The van der Waals surface area contributed by atoms with Gasteiger partial charge in [0.05, 0.1) is 0 Å². The van der Waals surface area contributed by atoms with Crippen molar-refractivity contribution in [2.45, 2.75) is 52.4 Å². The quantitative estimate of drug-likeness (QED) is 0.481. The smallest absolute Gasteiger partial charge is 0.0683 e. The average Bonchev–Trinajstić information content (AvgIpc) is 2.37. The van der Waals surface area contributed by atoms with Gasteiger partial charge in [0.25, 0.3) is 0 Å². The Labute approximate surface area is 89.4 Å². The molecule has 0 N–H and O–H groups in total. The van der Waals surface area contributed by atoms with Crippen molar-refractivity contribution >= 4 is 0 Å². The van der Waals surface area contributed by atoms with Crippen LogP contribution in [0.15, 0.2) is 30.4 Å². The molecule has 0 aliphatic heterocycles. The fourth-order valence-corrected chi connectivity index (χ4v) is 1.40. The van der Waals surface area contributed by atoms with Crippen molar-refractivity contribution in [3.63, 3.8) is 0 Å². The molecule has 78 valence electrons. The minimum absolute atomic E-state index is 1.50. The summed E-state index contributed by atoms with van der Waals surface area (Å²) in [6.45, 7) is 4.00. The minimum Gasteiger partial charge on any atom is -0.0683 e. The van der Waals surface area contributed by atoms with Gasteiger partial charge < -0.3 is 0 Å². The molecule has 14 heavy (non-hydrogen) atoms. The van der Waals surface area contributed by atoms with E-state index in [1.54, 1.807) is 0 Å². The van der Waals surface area contributed by atoms with Crippen LogP contribution in [0.5, 0.6) is 0 Å². The van der Waals surface area contributed by atoms with E-state index in [1.165, 1.54) is 38.5 Å². The Kier molecular flexibility index (Phi) is 11.4. The van der Waals surface area contributed by atoms with Crippen LogP contribution in [0, 0.1) is 6.08 Å². The molecule has 0 aromatic carbocycles. The summed E-state index contributed by atoms with van der Waals surface area (Å²) in [5, 5.41) is 0.